The quantitative estimate of drug-likeness (QED) is 0.899. The largest absolute Gasteiger partial charge is 0.488 e. The van der Waals surface area contributed by atoms with Crippen LogP contribution in [0, 0.1) is 0 Å². The van der Waals surface area contributed by atoms with E-state index in [0.717, 1.165) is 17.0 Å². The Morgan fingerprint density at radius 2 is 1.95 bits per heavy atom. The molecule has 0 spiro atoms. The number of hydrogen-bond donors (Lipinski definition) is 2. The van der Waals surface area contributed by atoms with E-state index >= 15 is 0 Å². The summed E-state index contributed by atoms with van der Waals surface area (Å²) in [6.45, 7) is 5.98. The molecule has 0 aliphatic heterocycles. The topological polar surface area (TPSA) is 75.2 Å². The normalized spacial score (nSPS) is 11.3. The summed E-state index contributed by atoms with van der Waals surface area (Å²) in [5.74, 6) is -0.0864. The summed E-state index contributed by atoms with van der Waals surface area (Å²) in [4.78, 5) is 10.6. The first-order valence-electron chi connectivity index (χ1n) is 6.39. The first-order valence-corrected chi connectivity index (χ1v) is 6.39. The fourth-order valence-electron chi connectivity index (χ4n) is 1.81. The molecule has 0 atom stereocenters. The second-order valence-electron chi connectivity index (χ2n) is 5.59. The van der Waals surface area contributed by atoms with E-state index in [2.05, 4.69) is 10.2 Å². The molecular weight excluding hydrogens is 256 g/mol. The summed E-state index contributed by atoms with van der Waals surface area (Å²) in [5.41, 5.74) is 1.99. The van der Waals surface area contributed by atoms with E-state index in [4.69, 9.17) is 9.84 Å². The highest BCUT2D eigenvalue weighted by Crippen LogP contribution is 2.23. The molecule has 0 saturated heterocycles. The molecule has 2 N–H and O–H groups in total. The van der Waals surface area contributed by atoms with Crippen LogP contribution in [0.2, 0.25) is 0 Å². The van der Waals surface area contributed by atoms with Crippen LogP contribution in [0.15, 0.2) is 30.3 Å². The molecule has 0 amide bonds. The van der Waals surface area contributed by atoms with E-state index in [0.29, 0.717) is 5.69 Å². The maximum atomic E-state index is 10.6. The number of carbonyl (C=O) groups is 1. The van der Waals surface area contributed by atoms with Gasteiger partial charge in [0.15, 0.2) is 0 Å². The number of rotatable bonds is 4. The predicted octanol–water partition coefficient (Wildman–Crippen LogP) is 2.88. The zero-order valence-electron chi connectivity index (χ0n) is 11.8. The van der Waals surface area contributed by atoms with Crippen molar-refractivity contribution in [3.63, 3.8) is 0 Å². The van der Waals surface area contributed by atoms with Crippen molar-refractivity contribution in [1.82, 2.24) is 10.2 Å². The lowest BCUT2D eigenvalue weighted by Gasteiger charge is -2.21. The van der Waals surface area contributed by atoms with Crippen LogP contribution < -0.4 is 4.74 Å². The molecule has 2 rings (SSSR count). The maximum Gasteiger partial charge on any atom is 0.309 e. The monoisotopic (exact) mass is 274 g/mol. The van der Waals surface area contributed by atoms with Crippen LogP contribution in [0.25, 0.3) is 11.3 Å². The van der Waals surface area contributed by atoms with Gasteiger partial charge < -0.3 is 9.84 Å². The number of H-pyrrole nitrogens is 1. The Bertz CT molecular complexity index is 594. The van der Waals surface area contributed by atoms with Crippen molar-refractivity contribution < 1.29 is 14.6 Å². The Kier molecular flexibility index (Phi) is 3.79. The van der Waals surface area contributed by atoms with Crippen LogP contribution in [0.3, 0.4) is 0 Å². The van der Waals surface area contributed by atoms with E-state index in [9.17, 15) is 4.79 Å². The van der Waals surface area contributed by atoms with Crippen LogP contribution in [-0.2, 0) is 11.2 Å². The van der Waals surface area contributed by atoms with E-state index in [-0.39, 0.29) is 12.0 Å². The Morgan fingerprint density at radius 1 is 1.30 bits per heavy atom. The van der Waals surface area contributed by atoms with Gasteiger partial charge in [0, 0.05) is 11.3 Å². The Balaban J connectivity index is 2.13. The first-order chi connectivity index (χ1) is 9.33. The van der Waals surface area contributed by atoms with Gasteiger partial charge in [-0.25, -0.2) is 0 Å². The van der Waals surface area contributed by atoms with Crippen LogP contribution in [0.5, 0.6) is 5.75 Å². The highest BCUT2D eigenvalue weighted by molar-refractivity contribution is 5.70. The number of hydrogen-bond acceptors (Lipinski definition) is 3. The molecule has 0 radical (unpaired) electrons. The van der Waals surface area contributed by atoms with E-state index in [1.807, 2.05) is 45.0 Å². The lowest BCUT2D eigenvalue weighted by molar-refractivity contribution is -0.136. The molecule has 5 heteroatoms. The van der Waals surface area contributed by atoms with Gasteiger partial charge in [0.05, 0.1) is 12.1 Å². The summed E-state index contributed by atoms with van der Waals surface area (Å²) >= 11 is 0. The highest BCUT2D eigenvalue weighted by atomic mass is 16.5. The van der Waals surface area contributed by atoms with Gasteiger partial charge >= 0.3 is 5.97 Å². The maximum absolute atomic E-state index is 10.6. The van der Waals surface area contributed by atoms with Crippen LogP contribution in [-0.4, -0.2) is 26.9 Å². The molecule has 0 bridgehead atoms. The minimum absolute atomic E-state index is 0.0573. The third kappa shape index (κ3) is 3.85. The van der Waals surface area contributed by atoms with Crippen molar-refractivity contribution in [1.29, 1.82) is 0 Å². The smallest absolute Gasteiger partial charge is 0.309 e. The van der Waals surface area contributed by atoms with Crippen molar-refractivity contribution in [3.05, 3.63) is 36.0 Å². The third-order valence-electron chi connectivity index (χ3n) is 2.55. The van der Waals surface area contributed by atoms with Crippen LogP contribution >= 0.6 is 0 Å². The molecule has 0 saturated carbocycles. The number of nitrogens with zero attached hydrogens (tertiary/aromatic N) is 1. The number of ether oxygens (including phenoxy) is 1. The molecule has 0 aliphatic rings. The number of aliphatic carboxylic acids is 1. The number of carboxylic acid groups (broad SMARTS) is 1. The summed E-state index contributed by atoms with van der Waals surface area (Å²) in [5, 5.41) is 15.6. The zero-order chi connectivity index (χ0) is 14.8. The summed E-state index contributed by atoms with van der Waals surface area (Å²) in [7, 11) is 0. The van der Waals surface area contributed by atoms with Gasteiger partial charge in [0.2, 0.25) is 0 Å². The standard InChI is InChI=1S/C15H18N2O3/c1-15(2,3)20-12-6-4-10(5-7-12)13-8-11(16-17-13)9-14(18)19/h4-8H,9H2,1-3H3,(H,16,17)(H,18,19). The molecule has 0 unspecified atom stereocenters. The average molecular weight is 274 g/mol. The second kappa shape index (κ2) is 5.36. The van der Waals surface area contributed by atoms with Gasteiger partial charge in [-0.05, 0) is 51.1 Å². The Labute approximate surface area is 117 Å². The molecule has 106 valence electrons. The minimum Gasteiger partial charge on any atom is -0.488 e. The van der Waals surface area contributed by atoms with Crippen molar-refractivity contribution in [2.24, 2.45) is 0 Å². The molecule has 20 heavy (non-hydrogen) atoms. The Hall–Kier alpha value is -2.30. The molecule has 1 aromatic carbocycles. The van der Waals surface area contributed by atoms with Gasteiger partial charge in [-0.1, -0.05) is 0 Å². The lowest BCUT2D eigenvalue weighted by atomic mass is 10.1. The average Bonchev–Trinajstić information content (AvgIpc) is 2.75. The molecule has 1 aromatic heterocycles. The van der Waals surface area contributed by atoms with Gasteiger partial charge in [0.1, 0.15) is 11.4 Å². The Morgan fingerprint density at radius 3 is 2.50 bits per heavy atom. The van der Waals surface area contributed by atoms with E-state index in [1.54, 1.807) is 6.07 Å². The third-order valence-corrected chi connectivity index (χ3v) is 2.55. The molecular formula is C15H18N2O3. The van der Waals surface area contributed by atoms with Crippen molar-refractivity contribution in [2.45, 2.75) is 32.8 Å². The number of carboxylic acids is 1. The van der Waals surface area contributed by atoms with Gasteiger partial charge in [0.25, 0.3) is 0 Å². The minimum atomic E-state index is -0.880. The number of nitrogens with one attached hydrogen (secondary N) is 1. The highest BCUT2D eigenvalue weighted by Gasteiger charge is 2.12. The fourth-order valence-corrected chi connectivity index (χ4v) is 1.81. The van der Waals surface area contributed by atoms with Crippen molar-refractivity contribution >= 4 is 5.97 Å². The zero-order valence-corrected chi connectivity index (χ0v) is 11.8. The number of aromatic amines is 1. The van der Waals surface area contributed by atoms with Crippen molar-refractivity contribution in [3.8, 4) is 17.0 Å². The van der Waals surface area contributed by atoms with Gasteiger partial charge in [-0.3, -0.25) is 9.89 Å². The van der Waals surface area contributed by atoms with Crippen LogP contribution in [0.4, 0.5) is 0 Å². The number of aromatic nitrogens is 2. The fraction of sp³-hybridized carbons (Fsp3) is 0.333. The SMILES string of the molecule is CC(C)(C)Oc1ccc(-c2cc(CC(=O)O)[nH]n2)cc1. The van der Waals surface area contributed by atoms with Crippen LogP contribution in [0.1, 0.15) is 26.5 Å². The van der Waals surface area contributed by atoms with E-state index in [1.165, 1.54) is 0 Å². The summed E-state index contributed by atoms with van der Waals surface area (Å²) in [6.07, 6.45) is -0.0573. The number of benzene rings is 1. The van der Waals surface area contributed by atoms with Crippen molar-refractivity contribution in [2.75, 3.05) is 0 Å². The molecule has 0 aliphatic carbocycles. The summed E-state index contributed by atoms with van der Waals surface area (Å²) in [6, 6.07) is 9.32. The molecule has 1 heterocycles. The van der Waals surface area contributed by atoms with E-state index < -0.39 is 5.97 Å². The van der Waals surface area contributed by atoms with Gasteiger partial charge in [-0.15, -0.1) is 0 Å². The first kappa shape index (κ1) is 14.1. The van der Waals surface area contributed by atoms with Gasteiger partial charge in [-0.2, -0.15) is 5.10 Å². The second-order valence-corrected chi connectivity index (χ2v) is 5.59. The lowest BCUT2D eigenvalue weighted by Crippen LogP contribution is -2.22. The predicted molar refractivity (Wildman–Crippen MR) is 75.7 cm³/mol. The molecule has 5 nitrogen and oxygen atoms in total. The summed E-state index contributed by atoms with van der Waals surface area (Å²) < 4.78 is 5.74. The molecule has 2 aromatic rings. The molecule has 0 fully saturated rings.